The highest BCUT2D eigenvalue weighted by Gasteiger charge is 2.06. The Kier molecular flexibility index (Phi) is 3.47. The molecular formula is C11H18N2O. The number of aliphatic hydroxyl groups excluding tert-OH is 1. The third kappa shape index (κ3) is 2.04. The zero-order chi connectivity index (χ0) is 10.7. The predicted octanol–water partition coefficient (Wildman–Crippen LogP) is 1.82. The SMILES string of the molecule is CCC(=Cc1c(C)nn(C)c1C)CO. The van der Waals surface area contributed by atoms with Gasteiger partial charge in [-0.1, -0.05) is 6.92 Å². The zero-order valence-corrected chi connectivity index (χ0v) is 9.33. The summed E-state index contributed by atoms with van der Waals surface area (Å²) in [6.45, 7) is 6.20. The Hall–Kier alpha value is -1.09. The molecule has 1 N–H and O–H groups in total. The molecular weight excluding hydrogens is 176 g/mol. The highest BCUT2D eigenvalue weighted by atomic mass is 16.3. The van der Waals surface area contributed by atoms with E-state index < -0.39 is 0 Å². The Labute approximate surface area is 85.1 Å². The van der Waals surface area contributed by atoms with Gasteiger partial charge in [-0.25, -0.2) is 0 Å². The van der Waals surface area contributed by atoms with Crippen LogP contribution in [0, 0.1) is 13.8 Å². The average Bonchev–Trinajstić information content (AvgIpc) is 2.40. The van der Waals surface area contributed by atoms with E-state index >= 15 is 0 Å². The highest BCUT2D eigenvalue weighted by molar-refractivity contribution is 5.57. The van der Waals surface area contributed by atoms with E-state index in [0.29, 0.717) is 0 Å². The molecule has 0 amide bonds. The summed E-state index contributed by atoms with van der Waals surface area (Å²) in [5.41, 5.74) is 4.34. The third-order valence-electron chi connectivity index (χ3n) is 2.57. The molecule has 3 nitrogen and oxygen atoms in total. The second-order valence-electron chi connectivity index (χ2n) is 3.52. The van der Waals surface area contributed by atoms with E-state index in [1.165, 1.54) is 0 Å². The van der Waals surface area contributed by atoms with Gasteiger partial charge in [0.15, 0.2) is 0 Å². The van der Waals surface area contributed by atoms with Crippen LogP contribution in [0.15, 0.2) is 5.57 Å². The number of nitrogens with zero attached hydrogens (tertiary/aromatic N) is 2. The van der Waals surface area contributed by atoms with E-state index in [1.54, 1.807) is 0 Å². The van der Waals surface area contributed by atoms with Crippen LogP contribution in [0.5, 0.6) is 0 Å². The Morgan fingerprint density at radius 2 is 2.14 bits per heavy atom. The van der Waals surface area contributed by atoms with Crippen LogP contribution in [0.3, 0.4) is 0 Å². The quantitative estimate of drug-likeness (QED) is 0.797. The standard InChI is InChI=1S/C11H18N2O/c1-5-10(7-14)6-11-8(2)12-13(4)9(11)3/h6,14H,5,7H2,1-4H3. The second-order valence-corrected chi connectivity index (χ2v) is 3.52. The predicted molar refractivity (Wildman–Crippen MR) is 58.0 cm³/mol. The Morgan fingerprint density at radius 3 is 2.50 bits per heavy atom. The van der Waals surface area contributed by atoms with E-state index in [2.05, 4.69) is 5.10 Å². The first kappa shape index (κ1) is 11.0. The lowest BCUT2D eigenvalue weighted by atomic mass is 10.1. The topological polar surface area (TPSA) is 38.0 Å². The molecule has 0 aliphatic heterocycles. The molecule has 0 atom stereocenters. The minimum Gasteiger partial charge on any atom is -0.392 e. The Balaban J connectivity index is 3.12. The maximum Gasteiger partial charge on any atom is 0.0668 e. The summed E-state index contributed by atoms with van der Waals surface area (Å²) in [4.78, 5) is 0. The molecule has 1 heterocycles. The molecule has 0 saturated heterocycles. The van der Waals surface area contributed by atoms with Crippen molar-refractivity contribution in [3.63, 3.8) is 0 Å². The van der Waals surface area contributed by atoms with Crippen molar-refractivity contribution in [2.24, 2.45) is 7.05 Å². The van der Waals surface area contributed by atoms with Gasteiger partial charge < -0.3 is 5.11 Å². The summed E-state index contributed by atoms with van der Waals surface area (Å²) < 4.78 is 1.87. The molecule has 3 heteroatoms. The van der Waals surface area contributed by atoms with Crippen molar-refractivity contribution in [2.75, 3.05) is 6.61 Å². The molecule has 0 aliphatic rings. The van der Waals surface area contributed by atoms with Gasteiger partial charge in [-0.15, -0.1) is 0 Å². The third-order valence-corrected chi connectivity index (χ3v) is 2.57. The van der Waals surface area contributed by atoms with E-state index in [1.807, 2.05) is 38.6 Å². The summed E-state index contributed by atoms with van der Waals surface area (Å²) in [6, 6.07) is 0. The number of aryl methyl sites for hydroxylation is 2. The first-order valence-electron chi connectivity index (χ1n) is 4.90. The molecule has 0 bridgehead atoms. The summed E-state index contributed by atoms with van der Waals surface area (Å²) >= 11 is 0. The lowest BCUT2D eigenvalue weighted by Gasteiger charge is -2.00. The van der Waals surface area contributed by atoms with Crippen molar-refractivity contribution in [1.82, 2.24) is 9.78 Å². The molecule has 0 fully saturated rings. The van der Waals surface area contributed by atoms with Gasteiger partial charge in [0.2, 0.25) is 0 Å². The van der Waals surface area contributed by atoms with Gasteiger partial charge in [-0.3, -0.25) is 4.68 Å². The van der Waals surface area contributed by atoms with Gasteiger partial charge in [0.25, 0.3) is 0 Å². The van der Waals surface area contributed by atoms with Gasteiger partial charge in [-0.2, -0.15) is 5.10 Å². The molecule has 0 unspecified atom stereocenters. The van der Waals surface area contributed by atoms with Gasteiger partial charge in [-0.05, 0) is 31.9 Å². The van der Waals surface area contributed by atoms with Crippen molar-refractivity contribution < 1.29 is 5.11 Å². The summed E-state index contributed by atoms with van der Waals surface area (Å²) in [6.07, 6.45) is 2.92. The molecule has 1 rings (SSSR count). The van der Waals surface area contributed by atoms with Gasteiger partial charge in [0, 0.05) is 18.3 Å². The lowest BCUT2D eigenvalue weighted by molar-refractivity contribution is 0.329. The summed E-state index contributed by atoms with van der Waals surface area (Å²) in [7, 11) is 1.93. The number of aromatic nitrogens is 2. The molecule has 0 spiro atoms. The molecule has 0 aliphatic carbocycles. The first-order chi connectivity index (χ1) is 6.60. The fraction of sp³-hybridized carbons (Fsp3) is 0.545. The van der Waals surface area contributed by atoms with Crippen LogP contribution in [0.2, 0.25) is 0 Å². The molecule has 78 valence electrons. The summed E-state index contributed by atoms with van der Waals surface area (Å²) in [5, 5.41) is 13.4. The zero-order valence-electron chi connectivity index (χ0n) is 9.33. The normalized spacial score (nSPS) is 12.2. The van der Waals surface area contributed by atoms with Crippen LogP contribution >= 0.6 is 0 Å². The van der Waals surface area contributed by atoms with Crippen molar-refractivity contribution in [1.29, 1.82) is 0 Å². The molecule has 14 heavy (non-hydrogen) atoms. The van der Waals surface area contributed by atoms with Crippen LogP contribution in [-0.4, -0.2) is 21.5 Å². The first-order valence-corrected chi connectivity index (χ1v) is 4.90. The fourth-order valence-electron chi connectivity index (χ4n) is 1.46. The van der Waals surface area contributed by atoms with Crippen LogP contribution < -0.4 is 0 Å². The molecule has 0 radical (unpaired) electrons. The van der Waals surface area contributed by atoms with Gasteiger partial charge in [0.05, 0.1) is 12.3 Å². The summed E-state index contributed by atoms with van der Waals surface area (Å²) in [5.74, 6) is 0. The Morgan fingerprint density at radius 1 is 1.50 bits per heavy atom. The number of rotatable bonds is 3. The average molecular weight is 194 g/mol. The van der Waals surface area contributed by atoms with Crippen molar-refractivity contribution in [2.45, 2.75) is 27.2 Å². The maximum atomic E-state index is 9.08. The second kappa shape index (κ2) is 4.42. The highest BCUT2D eigenvalue weighted by Crippen LogP contribution is 2.16. The van der Waals surface area contributed by atoms with E-state index in [-0.39, 0.29) is 6.61 Å². The largest absolute Gasteiger partial charge is 0.392 e. The van der Waals surface area contributed by atoms with Crippen LogP contribution in [0.1, 0.15) is 30.3 Å². The minimum atomic E-state index is 0.129. The van der Waals surface area contributed by atoms with Gasteiger partial charge >= 0.3 is 0 Å². The van der Waals surface area contributed by atoms with Crippen LogP contribution in [0.4, 0.5) is 0 Å². The molecule has 0 saturated carbocycles. The number of hydrogen-bond donors (Lipinski definition) is 1. The monoisotopic (exact) mass is 194 g/mol. The lowest BCUT2D eigenvalue weighted by Crippen LogP contribution is -1.93. The molecule has 0 aromatic carbocycles. The van der Waals surface area contributed by atoms with E-state index in [4.69, 9.17) is 5.11 Å². The van der Waals surface area contributed by atoms with Crippen molar-refractivity contribution in [3.05, 3.63) is 22.5 Å². The number of aliphatic hydroxyl groups is 1. The number of hydrogen-bond acceptors (Lipinski definition) is 2. The molecule has 1 aromatic heterocycles. The fourth-order valence-corrected chi connectivity index (χ4v) is 1.46. The van der Waals surface area contributed by atoms with E-state index in [0.717, 1.165) is 28.9 Å². The van der Waals surface area contributed by atoms with Crippen molar-refractivity contribution in [3.8, 4) is 0 Å². The van der Waals surface area contributed by atoms with Crippen molar-refractivity contribution >= 4 is 6.08 Å². The minimum absolute atomic E-state index is 0.129. The molecule has 1 aromatic rings. The van der Waals surface area contributed by atoms with Crippen LogP contribution in [0.25, 0.3) is 6.08 Å². The van der Waals surface area contributed by atoms with Gasteiger partial charge in [0.1, 0.15) is 0 Å². The Bertz CT molecular complexity index is 344. The van der Waals surface area contributed by atoms with E-state index in [9.17, 15) is 0 Å². The maximum absolute atomic E-state index is 9.08. The van der Waals surface area contributed by atoms with Crippen LogP contribution in [-0.2, 0) is 7.05 Å². The smallest absolute Gasteiger partial charge is 0.0668 e.